The van der Waals surface area contributed by atoms with Gasteiger partial charge in [0.25, 0.3) is 5.95 Å². The minimum Gasteiger partial charge on any atom is -0.481 e. The fraction of sp³-hybridized carbons (Fsp3) is 0.182. The molecular formula is C11H11FO3. The Labute approximate surface area is 86.8 Å². The van der Waals surface area contributed by atoms with E-state index in [-0.39, 0.29) is 6.61 Å². The van der Waals surface area contributed by atoms with E-state index in [4.69, 9.17) is 5.11 Å². The number of ketones is 1. The highest BCUT2D eigenvalue weighted by Gasteiger charge is 2.04. The molecule has 0 bridgehead atoms. The Balaban J connectivity index is 2.77. The molecule has 1 aromatic rings. The summed E-state index contributed by atoms with van der Waals surface area (Å²) in [7, 11) is 0. The van der Waals surface area contributed by atoms with Crippen molar-refractivity contribution in [2.75, 3.05) is 6.61 Å². The van der Waals surface area contributed by atoms with E-state index in [9.17, 15) is 9.18 Å². The first kappa shape index (κ1) is 11.2. The summed E-state index contributed by atoms with van der Waals surface area (Å²) in [6.07, 6.45) is 0.955. The Morgan fingerprint density at radius 2 is 2.07 bits per heavy atom. The number of carbonyl (C=O) groups is 1. The summed E-state index contributed by atoms with van der Waals surface area (Å²) in [5, 5.41) is 9.08. The van der Waals surface area contributed by atoms with Crippen molar-refractivity contribution in [1.29, 1.82) is 0 Å². The topological polar surface area (TPSA) is 46.5 Å². The zero-order chi connectivity index (χ0) is 11.3. The average Bonchev–Trinajstić information content (AvgIpc) is 2.18. The van der Waals surface area contributed by atoms with Crippen molar-refractivity contribution in [3.63, 3.8) is 0 Å². The van der Waals surface area contributed by atoms with Crippen LogP contribution < -0.4 is 0 Å². The fourth-order valence-corrected chi connectivity index (χ4v) is 0.999. The number of ether oxygens (including phenoxy) is 1. The lowest BCUT2D eigenvalue weighted by atomic mass is 10.1. The highest BCUT2D eigenvalue weighted by molar-refractivity contribution is 6.04. The van der Waals surface area contributed by atoms with E-state index in [1.54, 1.807) is 6.92 Å². The molecule has 0 heterocycles. The molecule has 1 N–H and O–H groups in total. The van der Waals surface area contributed by atoms with Gasteiger partial charge in [0.1, 0.15) is 5.82 Å². The molecule has 0 spiro atoms. The number of aliphatic hydroxyl groups excluding tert-OH is 1. The molecule has 0 radical (unpaired) electrons. The molecule has 1 aromatic carbocycles. The lowest BCUT2D eigenvalue weighted by Gasteiger charge is -2.00. The van der Waals surface area contributed by atoms with Crippen molar-refractivity contribution in [3.05, 3.63) is 47.7 Å². The minimum absolute atomic E-state index is 0.277. The van der Waals surface area contributed by atoms with E-state index in [2.05, 4.69) is 4.74 Å². The smallest absolute Gasteiger partial charge is 0.280 e. The van der Waals surface area contributed by atoms with Gasteiger partial charge in [0, 0.05) is 5.56 Å². The molecule has 80 valence electrons. The van der Waals surface area contributed by atoms with Crippen LogP contribution >= 0.6 is 0 Å². The molecule has 0 aliphatic heterocycles. The SMILES string of the molecule is CCO/C(O)=C/C(=O)c1ccc(F)cc1. The van der Waals surface area contributed by atoms with Crippen molar-refractivity contribution >= 4 is 5.78 Å². The molecule has 0 atom stereocenters. The largest absolute Gasteiger partial charge is 0.481 e. The van der Waals surface area contributed by atoms with Crippen molar-refractivity contribution in [2.45, 2.75) is 6.92 Å². The number of carbonyl (C=O) groups excluding carboxylic acids is 1. The van der Waals surface area contributed by atoms with Crippen molar-refractivity contribution in [1.82, 2.24) is 0 Å². The van der Waals surface area contributed by atoms with Crippen LogP contribution in [0.2, 0.25) is 0 Å². The van der Waals surface area contributed by atoms with Gasteiger partial charge in [0.05, 0.1) is 12.7 Å². The maximum Gasteiger partial charge on any atom is 0.280 e. The van der Waals surface area contributed by atoms with Gasteiger partial charge in [-0.25, -0.2) is 4.39 Å². The number of allylic oxidation sites excluding steroid dienone is 1. The van der Waals surface area contributed by atoms with Gasteiger partial charge in [0.15, 0.2) is 5.78 Å². The zero-order valence-electron chi connectivity index (χ0n) is 8.24. The van der Waals surface area contributed by atoms with Gasteiger partial charge in [-0.3, -0.25) is 4.79 Å². The third-order valence-electron chi connectivity index (χ3n) is 1.68. The van der Waals surface area contributed by atoms with Crippen LogP contribution in [0.5, 0.6) is 0 Å². The molecule has 15 heavy (non-hydrogen) atoms. The zero-order valence-corrected chi connectivity index (χ0v) is 8.24. The maximum absolute atomic E-state index is 12.5. The van der Waals surface area contributed by atoms with Crippen LogP contribution in [0.4, 0.5) is 4.39 Å². The van der Waals surface area contributed by atoms with E-state index >= 15 is 0 Å². The maximum atomic E-state index is 12.5. The highest BCUT2D eigenvalue weighted by atomic mass is 19.1. The highest BCUT2D eigenvalue weighted by Crippen LogP contribution is 2.05. The Kier molecular flexibility index (Phi) is 3.85. The third kappa shape index (κ3) is 3.42. The predicted molar refractivity (Wildman–Crippen MR) is 53.1 cm³/mol. The van der Waals surface area contributed by atoms with Crippen LogP contribution in [-0.4, -0.2) is 17.5 Å². The molecule has 0 aromatic heterocycles. The van der Waals surface area contributed by atoms with E-state index in [0.29, 0.717) is 5.56 Å². The molecule has 0 fully saturated rings. The number of rotatable bonds is 4. The predicted octanol–water partition coefficient (Wildman–Crippen LogP) is 2.44. The van der Waals surface area contributed by atoms with Crippen molar-refractivity contribution in [2.24, 2.45) is 0 Å². The molecule has 4 heteroatoms. The first-order valence-electron chi connectivity index (χ1n) is 4.47. The summed E-state index contributed by atoms with van der Waals surface area (Å²) in [6.45, 7) is 1.96. The monoisotopic (exact) mass is 210 g/mol. The molecule has 0 aliphatic carbocycles. The van der Waals surface area contributed by atoms with Gasteiger partial charge >= 0.3 is 0 Å². The Morgan fingerprint density at radius 1 is 1.47 bits per heavy atom. The lowest BCUT2D eigenvalue weighted by Crippen LogP contribution is -1.99. The van der Waals surface area contributed by atoms with Crippen LogP contribution in [0.1, 0.15) is 17.3 Å². The van der Waals surface area contributed by atoms with Crippen molar-refractivity contribution < 1.29 is 19.0 Å². The molecule has 0 unspecified atom stereocenters. The minimum atomic E-state index is -0.438. The molecule has 1 rings (SSSR count). The Bertz CT molecular complexity index is 368. The molecular weight excluding hydrogens is 199 g/mol. The van der Waals surface area contributed by atoms with Gasteiger partial charge < -0.3 is 9.84 Å². The van der Waals surface area contributed by atoms with E-state index in [1.807, 2.05) is 0 Å². The standard InChI is InChI=1S/C11H11FO3/c1-2-15-11(14)7-10(13)8-3-5-9(12)6-4-8/h3-7,14H,2H2,1H3/b11-7+. The quantitative estimate of drug-likeness (QED) is 0.471. The number of hydrogen-bond acceptors (Lipinski definition) is 3. The van der Waals surface area contributed by atoms with Gasteiger partial charge in [0.2, 0.25) is 0 Å². The summed E-state index contributed by atoms with van der Waals surface area (Å²) in [5.74, 6) is -1.28. The second kappa shape index (κ2) is 5.14. The molecule has 0 aliphatic rings. The third-order valence-corrected chi connectivity index (χ3v) is 1.68. The summed E-state index contributed by atoms with van der Waals surface area (Å²) in [4.78, 5) is 11.4. The van der Waals surface area contributed by atoms with Crippen LogP contribution in [0.3, 0.4) is 0 Å². The summed E-state index contributed by atoms with van der Waals surface area (Å²) in [6, 6.07) is 5.04. The fourth-order valence-electron chi connectivity index (χ4n) is 0.999. The lowest BCUT2D eigenvalue weighted by molar-refractivity contribution is 0.0920. The average molecular weight is 210 g/mol. The van der Waals surface area contributed by atoms with E-state index in [1.165, 1.54) is 24.3 Å². The second-order valence-corrected chi connectivity index (χ2v) is 2.79. The van der Waals surface area contributed by atoms with Gasteiger partial charge in [-0.1, -0.05) is 0 Å². The van der Waals surface area contributed by atoms with Gasteiger partial charge in [-0.15, -0.1) is 0 Å². The normalized spacial score (nSPS) is 11.2. The molecule has 0 amide bonds. The van der Waals surface area contributed by atoms with Crippen LogP contribution in [0, 0.1) is 5.82 Å². The van der Waals surface area contributed by atoms with Gasteiger partial charge in [-0.05, 0) is 31.2 Å². The Morgan fingerprint density at radius 3 is 2.60 bits per heavy atom. The number of halogens is 1. The second-order valence-electron chi connectivity index (χ2n) is 2.79. The number of hydrogen-bond donors (Lipinski definition) is 1. The van der Waals surface area contributed by atoms with Crippen LogP contribution in [0.25, 0.3) is 0 Å². The van der Waals surface area contributed by atoms with E-state index < -0.39 is 17.5 Å². The van der Waals surface area contributed by atoms with Crippen molar-refractivity contribution in [3.8, 4) is 0 Å². The first-order valence-corrected chi connectivity index (χ1v) is 4.47. The summed E-state index contributed by atoms with van der Waals surface area (Å²) < 4.78 is 17.2. The van der Waals surface area contributed by atoms with Crippen LogP contribution in [-0.2, 0) is 4.74 Å². The molecule has 0 saturated carbocycles. The first-order chi connectivity index (χ1) is 7.13. The summed E-state index contributed by atoms with van der Waals surface area (Å²) in [5.41, 5.74) is 0.294. The number of aliphatic hydroxyl groups is 1. The number of benzene rings is 1. The van der Waals surface area contributed by atoms with E-state index in [0.717, 1.165) is 6.08 Å². The summed E-state index contributed by atoms with van der Waals surface area (Å²) >= 11 is 0. The molecule has 0 saturated heterocycles. The van der Waals surface area contributed by atoms with Gasteiger partial charge in [-0.2, -0.15) is 0 Å². The molecule has 3 nitrogen and oxygen atoms in total. The Hall–Kier alpha value is -1.84. The van der Waals surface area contributed by atoms with Crippen LogP contribution in [0.15, 0.2) is 36.3 Å².